The summed E-state index contributed by atoms with van der Waals surface area (Å²) in [5, 5.41) is 22.8. The van der Waals surface area contributed by atoms with Crippen molar-refractivity contribution >= 4 is 63.9 Å². The highest BCUT2D eigenvalue weighted by atomic mass is 35.5. The number of carbonyl (C=O) groups is 1. The van der Waals surface area contributed by atoms with Crippen LogP contribution in [0.2, 0.25) is 5.02 Å². The molecule has 3 N–H and O–H groups in total. The van der Waals surface area contributed by atoms with Crippen molar-refractivity contribution in [1.29, 1.82) is 0 Å². The Morgan fingerprint density at radius 2 is 1.52 bits per heavy atom. The van der Waals surface area contributed by atoms with Crippen LogP contribution in [0.1, 0.15) is 69.8 Å². The van der Waals surface area contributed by atoms with E-state index in [-0.39, 0.29) is 11.6 Å². The number of rotatable bonds is 15. The fourth-order valence-corrected chi connectivity index (χ4v) is 9.88. The predicted octanol–water partition coefficient (Wildman–Crippen LogP) is 10.3. The van der Waals surface area contributed by atoms with Gasteiger partial charge < -0.3 is 20.2 Å². The molecule has 2 heterocycles. The molecule has 0 unspecified atom stereocenters. The van der Waals surface area contributed by atoms with Gasteiger partial charge in [-0.1, -0.05) is 68.3 Å². The van der Waals surface area contributed by atoms with Crippen LogP contribution >= 0.6 is 35.3 Å². The lowest BCUT2D eigenvalue weighted by Crippen LogP contribution is -2.48. The molecule has 3 aliphatic rings. The number of aliphatic hydroxyl groups excluding tert-OH is 1. The number of aliphatic hydroxyl groups is 1. The summed E-state index contributed by atoms with van der Waals surface area (Å²) in [7, 11) is 1.00. The van der Waals surface area contributed by atoms with Gasteiger partial charge in [0, 0.05) is 116 Å². The fraction of sp³-hybridized carbons (Fsp3) is 0.460. The number of nitro benzene ring substituents is 1. The van der Waals surface area contributed by atoms with E-state index in [1.165, 1.54) is 56.3 Å². The van der Waals surface area contributed by atoms with E-state index in [9.17, 15) is 14.9 Å². The first-order chi connectivity index (χ1) is 30.9. The lowest BCUT2D eigenvalue weighted by molar-refractivity contribution is -0.384. The molecule has 0 radical (unpaired) electrons. The number of piperazine rings is 2. The third-order valence-electron chi connectivity index (χ3n) is 12.1. The Morgan fingerprint density at radius 3 is 2.14 bits per heavy atom. The van der Waals surface area contributed by atoms with E-state index in [1.807, 2.05) is 66.7 Å². The molecular weight excluding hydrogens is 862 g/mol. The molecule has 0 atom stereocenters. The molecule has 0 spiro atoms. The number of halogens is 1. The average molecular weight is 931 g/mol. The zero-order valence-electron chi connectivity index (χ0n) is 38.5. The zero-order valence-corrected chi connectivity index (χ0v) is 40.9. The molecule has 7 rings (SSSR count). The molecule has 11 nitrogen and oxygen atoms in total. The Balaban J connectivity index is 0.000000514. The molecule has 2 saturated heterocycles. The number of amides is 1. The maximum atomic E-state index is 13.0. The molecule has 0 bridgehead atoms. The van der Waals surface area contributed by atoms with Gasteiger partial charge in [-0.05, 0) is 129 Å². The minimum Gasteiger partial charge on any atom is -0.400 e. The number of benzene rings is 4. The summed E-state index contributed by atoms with van der Waals surface area (Å²) in [6.45, 7) is 23.2. The molecular formula is C50H68ClN7O4S2. The number of allylic oxidation sites excluding steroid dienone is 1. The molecule has 0 aromatic heterocycles. The molecule has 1 amide bonds. The molecule has 346 valence electrons. The monoisotopic (exact) mass is 929 g/mol. The molecule has 64 heavy (non-hydrogen) atoms. The second-order valence-corrected chi connectivity index (χ2v) is 19.8. The molecule has 1 aliphatic carbocycles. The van der Waals surface area contributed by atoms with Crippen molar-refractivity contribution in [1.82, 2.24) is 19.4 Å². The van der Waals surface area contributed by atoms with Gasteiger partial charge in [-0.25, -0.2) is 0 Å². The number of thioether (sulfide) groups is 1. The second kappa shape index (κ2) is 25.6. The van der Waals surface area contributed by atoms with Crippen LogP contribution < -0.4 is 14.9 Å². The topological polar surface area (TPSA) is 117 Å². The highest BCUT2D eigenvalue weighted by molar-refractivity contribution is 7.99. The Bertz CT molecular complexity index is 2090. The predicted molar refractivity (Wildman–Crippen MR) is 270 cm³/mol. The SMILES string of the molecule is CC1(C)CCC(c2ccc(Cl)cc2)=C(CN2CCN(c3ccc(C(=O)NSc4ccc(NCCSc5ccccc5)c([N+](=O)[O-])c4)cc3)CC2)C1.CCN1CCN(C(C)C)CC1.CO. The van der Waals surface area contributed by atoms with E-state index in [0.29, 0.717) is 28.1 Å². The van der Waals surface area contributed by atoms with Crippen molar-refractivity contribution < 1.29 is 14.8 Å². The van der Waals surface area contributed by atoms with E-state index < -0.39 is 4.92 Å². The first kappa shape index (κ1) is 50.9. The normalized spacial score (nSPS) is 16.9. The number of nitrogens with one attached hydrogen (secondary N) is 2. The smallest absolute Gasteiger partial charge is 0.293 e. The summed E-state index contributed by atoms with van der Waals surface area (Å²) in [6.07, 6.45) is 3.40. The largest absolute Gasteiger partial charge is 0.400 e. The minimum atomic E-state index is -0.399. The average Bonchev–Trinajstić information content (AvgIpc) is 3.31. The number of carbonyl (C=O) groups excluding carboxylic acids is 1. The highest BCUT2D eigenvalue weighted by Gasteiger charge is 2.29. The maximum absolute atomic E-state index is 13.0. The van der Waals surface area contributed by atoms with Crippen molar-refractivity contribution in [2.75, 3.05) is 95.1 Å². The van der Waals surface area contributed by atoms with Crippen molar-refractivity contribution in [2.24, 2.45) is 5.41 Å². The van der Waals surface area contributed by atoms with Gasteiger partial charge in [-0.3, -0.25) is 29.4 Å². The third kappa shape index (κ3) is 15.5. The molecule has 4 aromatic carbocycles. The van der Waals surface area contributed by atoms with Crippen LogP contribution in [0.25, 0.3) is 5.57 Å². The van der Waals surface area contributed by atoms with Crippen LogP contribution in [0.5, 0.6) is 0 Å². The lowest BCUT2D eigenvalue weighted by atomic mass is 9.73. The standard InChI is InChI=1S/C40H44ClN5O3S2.C9H20N2.CH4O/c1-40(2)19-18-36(29-8-12-32(41)13-9-29)31(27-40)28-44-21-23-45(24-22-44)33-14-10-30(11-15-33)39(47)43-51-35-16-17-37(38(26-35)46(48)49)42-20-25-50-34-6-4-3-5-7-34;1-4-10-5-7-11(8-6-10)9(2)3;1-2/h3-17,26,42H,18-25,27-28H2,1-2H3,(H,43,47);9H,4-8H2,1-3H3;2H,1H3. The Kier molecular flexibility index (Phi) is 20.3. The summed E-state index contributed by atoms with van der Waals surface area (Å²) < 4.78 is 2.84. The van der Waals surface area contributed by atoms with E-state index in [2.05, 4.69) is 76.4 Å². The van der Waals surface area contributed by atoms with Crippen molar-refractivity contribution in [3.63, 3.8) is 0 Å². The first-order valence-corrected chi connectivity index (χ1v) is 24.7. The van der Waals surface area contributed by atoms with Gasteiger partial charge in [0.2, 0.25) is 0 Å². The van der Waals surface area contributed by atoms with Gasteiger partial charge in [-0.2, -0.15) is 0 Å². The van der Waals surface area contributed by atoms with Crippen LogP contribution in [0.4, 0.5) is 17.1 Å². The highest BCUT2D eigenvalue weighted by Crippen LogP contribution is 2.43. The number of hydrogen-bond acceptors (Lipinski definition) is 11. The molecule has 14 heteroatoms. The van der Waals surface area contributed by atoms with Gasteiger partial charge in [0.15, 0.2) is 0 Å². The van der Waals surface area contributed by atoms with Gasteiger partial charge in [-0.15, -0.1) is 11.8 Å². The van der Waals surface area contributed by atoms with Crippen LogP contribution in [0.15, 0.2) is 112 Å². The molecule has 4 aromatic rings. The number of nitrogens with zero attached hydrogens (tertiary/aromatic N) is 5. The maximum Gasteiger partial charge on any atom is 0.293 e. The van der Waals surface area contributed by atoms with E-state index >= 15 is 0 Å². The summed E-state index contributed by atoms with van der Waals surface area (Å²) in [5.74, 6) is 0.520. The number of nitro groups is 1. The molecule has 0 saturated carbocycles. The summed E-state index contributed by atoms with van der Waals surface area (Å²) >= 11 is 8.95. The molecule has 2 fully saturated rings. The van der Waals surface area contributed by atoms with E-state index in [4.69, 9.17) is 16.7 Å². The van der Waals surface area contributed by atoms with Crippen LogP contribution in [-0.2, 0) is 0 Å². The fourth-order valence-electron chi connectivity index (χ4n) is 8.33. The quantitative estimate of drug-likeness (QED) is 0.0348. The Morgan fingerprint density at radius 1 is 0.859 bits per heavy atom. The first-order valence-electron chi connectivity index (χ1n) is 22.5. The van der Waals surface area contributed by atoms with Crippen LogP contribution in [0.3, 0.4) is 0 Å². The Labute approximate surface area is 395 Å². The number of anilines is 2. The van der Waals surface area contributed by atoms with E-state index in [1.54, 1.807) is 29.5 Å². The number of hydrogen-bond donors (Lipinski definition) is 3. The lowest BCUT2D eigenvalue weighted by Gasteiger charge is -2.39. The summed E-state index contributed by atoms with van der Waals surface area (Å²) in [5.41, 5.74) is 6.70. The van der Waals surface area contributed by atoms with Crippen LogP contribution in [0, 0.1) is 15.5 Å². The van der Waals surface area contributed by atoms with Crippen LogP contribution in [-0.4, -0.2) is 122 Å². The van der Waals surface area contributed by atoms with Crippen molar-refractivity contribution in [2.45, 2.75) is 69.7 Å². The van der Waals surface area contributed by atoms with E-state index in [0.717, 1.165) is 92.0 Å². The summed E-state index contributed by atoms with van der Waals surface area (Å²) in [4.78, 5) is 36.1. The third-order valence-corrected chi connectivity index (χ3v) is 14.1. The Hall–Kier alpha value is -4.08. The van der Waals surface area contributed by atoms with Gasteiger partial charge >= 0.3 is 0 Å². The summed E-state index contributed by atoms with van der Waals surface area (Å²) in [6, 6.07) is 31.7. The minimum absolute atomic E-state index is 0.0234. The molecule has 2 aliphatic heterocycles. The van der Waals surface area contributed by atoms with Gasteiger partial charge in [0.25, 0.3) is 11.6 Å². The zero-order chi connectivity index (χ0) is 46.1. The van der Waals surface area contributed by atoms with Crippen molar-refractivity contribution in [3.05, 3.63) is 129 Å². The second-order valence-electron chi connectivity index (χ2n) is 17.4. The van der Waals surface area contributed by atoms with Gasteiger partial charge in [0.05, 0.1) is 4.92 Å². The number of likely N-dealkylation sites (N-methyl/N-ethyl adjacent to an activating group) is 1. The van der Waals surface area contributed by atoms with Crippen molar-refractivity contribution in [3.8, 4) is 0 Å². The van der Waals surface area contributed by atoms with Gasteiger partial charge in [0.1, 0.15) is 5.69 Å².